The van der Waals surface area contributed by atoms with E-state index in [1.807, 2.05) is 6.07 Å². The highest BCUT2D eigenvalue weighted by Gasteiger charge is 2.06. The number of ether oxygens (including phenoxy) is 1. The highest BCUT2D eigenvalue weighted by molar-refractivity contribution is 6.32. The second-order valence-electron chi connectivity index (χ2n) is 3.76. The highest BCUT2D eigenvalue weighted by atomic mass is 19.1. The van der Waals surface area contributed by atoms with Crippen molar-refractivity contribution in [2.24, 2.45) is 0 Å². The smallest absolute Gasteiger partial charge is 0.200 e. The minimum Gasteiger partial charge on any atom is -0.485 e. The normalized spacial score (nSPS) is 10.1. The van der Waals surface area contributed by atoms with E-state index in [1.54, 1.807) is 24.3 Å². The predicted octanol–water partition coefficient (Wildman–Crippen LogP) is 1.88. The number of carbonyl (C=O) groups is 1. The molecular formula is C14H10BFO2. The maximum atomic E-state index is 13.1. The molecule has 0 bridgehead atoms. The van der Waals surface area contributed by atoms with Gasteiger partial charge < -0.3 is 4.74 Å². The predicted molar refractivity (Wildman–Crippen MR) is 68.1 cm³/mol. The number of hydrogen-bond donors (Lipinski definition) is 0. The summed E-state index contributed by atoms with van der Waals surface area (Å²) < 4.78 is 18.3. The van der Waals surface area contributed by atoms with Gasteiger partial charge in [-0.1, -0.05) is 41.9 Å². The van der Waals surface area contributed by atoms with Gasteiger partial charge in [0.05, 0.1) is 0 Å². The fourth-order valence-corrected chi connectivity index (χ4v) is 1.45. The maximum absolute atomic E-state index is 13.1. The van der Waals surface area contributed by atoms with Crippen LogP contribution in [0.4, 0.5) is 4.39 Å². The monoisotopic (exact) mass is 240 g/mol. The Balaban J connectivity index is 1.99. The van der Waals surface area contributed by atoms with Gasteiger partial charge in [-0.2, -0.15) is 0 Å². The molecule has 0 fully saturated rings. The summed E-state index contributed by atoms with van der Waals surface area (Å²) in [6, 6.07) is 12.9. The van der Waals surface area contributed by atoms with Crippen LogP contribution in [0.5, 0.6) is 5.75 Å². The Bertz CT molecular complexity index is 555. The van der Waals surface area contributed by atoms with Crippen LogP contribution in [0.15, 0.2) is 48.5 Å². The molecule has 88 valence electrons. The first-order chi connectivity index (χ1) is 8.66. The summed E-state index contributed by atoms with van der Waals surface area (Å²) in [5, 5.41) is 0. The molecule has 2 aromatic rings. The van der Waals surface area contributed by atoms with E-state index in [4.69, 9.17) is 12.6 Å². The molecule has 2 aromatic carbocycles. The van der Waals surface area contributed by atoms with Crippen molar-refractivity contribution in [2.75, 3.05) is 6.61 Å². The van der Waals surface area contributed by atoms with Crippen LogP contribution in [-0.2, 0) is 0 Å². The Morgan fingerprint density at radius 1 is 1.17 bits per heavy atom. The Morgan fingerprint density at radius 2 is 1.89 bits per heavy atom. The van der Waals surface area contributed by atoms with Crippen LogP contribution in [0.2, 0.25) is 0 Å². The van der Waals surface area contributed by atoms with Crippen LogP contribution in [0, 0.1) is 5.82 Å². The summed E-state index contributed by atoms with van der Waals surface area (Å²) in [7, 11) is 5.34. The molecule has 2 nitrogen and oxygen atoms in total. The van der Waals surface area contributed by atoms with Crippen molar-refractivity contribution < 1.29 is 13.9 Å². The minimum atomic E-state index is -0.556. The molecule has 0 N–H and O–H groups in total. The second kappa shape index (κ2) is 5.49. The molecule has 0 aliphatic carbocycles. The fourth-order valence-electron chi connectivity index (χ4n) is 1.45. The van der Waals surface area contributed by atoms with Crippen LogP contribution in [0.3, 0.4) is 0 Å². The lowest BCUT2D eigenvalue weighted by molar-refractivity contribution is 0.0921. The molecule has 0 aliphatic rings. The Labute approximate surface area is 106 Å². The van der Waals surface area contributed by atoms with Crippen molar-refractivity contribution in [3.63, 3.8) is 0 Å². The lowest BCUT2D eigenvalue weighted by atomic mass is 9.96. The fraction of sp³-hybridized carbons (Fsp3) is 0.0714. The van der Waals surface area contributed by atoms with E-state index in [0.717, 1.165) is 6.07 Å². The Kier molecular flexibility index (Phi) is 3.77. The molecular weight excluding hydrogens is 230 g/mol. The van der Waals surface area contributed by atoms with Gasteiger partial charge in [0.15, 0.2) is 12.4 Å². The zero-order chi connectivity index (χ0) is 13.0. The summed E-state index contributed by atoms with van der Waals surface area (Å²) in [6.45, 7) is -0.132. The molecule has 0 atom stereocenters. The van der Waals surface area contributed by atoms with Gasteiger partial charge in [0.2, 0.25) is 0 Å². The first-order valence-electron chi connectivity index (χ1n) is 5.43. The minimum absolute atomic E-state index is 0.0525. The lowest BCUT2D eigenvalue weighted by Gasteiger charge is -2.06. The van der Waals surface area contributed by atoms with Crippen LogP contribution in [0.25, 0.3) is 0 Å². The van der Waals surface area contributed by atoms with Gasteiger partial charge in [0, 0.05) is 11.6 Å². The zero-order valence-corrected chi connectivity index (χ0v) is 9.60. The van der Waals surface area contributed by atoms with Crippen LogP contribution in [-0.4, -0.2) is 20.2 Å². The number of hydrogen-bond acceptors (Lipinski definition) is 2. The van der Waals surface area contributed by atoms with Crippen molar-refractivity contribution in [1.29, 1.82) is 0 Å². The van der Waals surface area contributed by atoms with E-state index in [-0.39, 0.29) is 23.6 Å². The molecule has 2 radical (unpaired) electrons. The molecule has 18 heavy (non-hydrogen) atoms. The third-order valence-electron chi connectivity index (χ3n) is 2.44. The largest absolute Gasteiger partial charge is 0.485 e. The molecule has 0 unspecified atom stereocenters. The van der Waals surface area contributed by atoms with Crippen molar-refractivity contribution in [1.82, 2.24) is 0 Å². The van der Waals surface area contributed by atoms with Gasteiger partial charge in [-0.15, -0.1) is 0 Å². The van der Waals surface area contributed by atoms with E-state index in [1.165, 1.54) is 12.1 Å². The molecule has 0 heterocycles. The van der Waals surface area contributed by atoms with Crippen molar-refractivity contribution in [3.8, 4) is 5.75 Å². The standard InChI is InChI=1S/C14H10BFO2/c15-12-7-6-11(8-13(12)16)18-9-14(17)10-4-2-1-3-5-10/h1-8H,9H2. The second-order valence-corrected chi connectivity index (χ2v) is 3.76. The number of ketones is 1. The first-order valence-corrected chi connectivity index (χ1v) is 5.43. The van der Waals surface area contributed by atoms with Crippen LogP contribution in [0.1, 0.15) is 10.4 Å². The SMILES string of the molecule is [B]c1ccc(OCC(=O)c2ccccc2)cc1F. The Morgan fingerprint density at radius 3 is 2.56 bits per heavy atom. The third kappa shape index (κ3) is 2.97. The summed E-state index contributed by atoms with van der Waals surface area (Å²) in [5.74, 6) is -0.432. The van der Waals surface area contributed by atoms with E-state index >= 15 is 0 Å². The summed E-state index contributed by atoms with van der Waals surface area (Å²) in [4.78, 5) is 11.7. The third-order valence-corrected chi connectivity index (χ3v) is 2.44. The van der Waals surface area contributed by atoms with E-state index in [0.29, 0.717) is 5.56 Å². The average Bonchev–Trinajstić information content (AvgIpc) is 2.41. The molecule has 0 aliphatic heterocycles. The first kappa shape index (κ1) is 12.4. The van der Waals surface area contributed by atoms with Crippen molar-refractivity contribution >= 4 is 19.1 Å². The van der Waals surface area contributed by atoms with Gasteiger partial charge in [-0.05, 0) is 6.07 Å². The number of benzene rings is 2. The van der Waals surface area contributed by atoms with Gasteiger partial charge in [0.1, 0.15) is 19.4 Å². The summed E-state index contributed by atoms with van der Waals surface area (Å²) in [6.07, 6.45) is 0. The van der Waals surface area contributed by atoms with E-state index in [2.05, 4.69) is 0 Å². The van der Waals surface area contributed by atoms with Gasteiger partial charge >= 0.3 is 0 Å². The van der Waals surface area contributed by atoms with Crippen molar-refractivity contribution in [3.05, 3.63) is 59.9 Å². The topological polar surface area (TPSA) is 26.3 Å². The van der Waals surface area contributed by atoms with Gasteiger partial charge in [-0.25, -0.2) is 4.39 Å². The molecule has 0 spiro atoms. The molecule has 0 saturated heterocycles. The van der Waals surface area contributed by atoms with E-state index in [9.17, 15) is 9.18 Å². The maximum Gasteiger partial charge on any atom is 0.200 e. The molecule has 2 rings (SSSR count). The molecule has 4 heteroatoms. The van der Waals surface area contributed by atoms with Crippen molar-refractivity contribution in [2.45, 2.75) is 0 Å². The quantitative estimate of drug-likeness (QED) is 0.602. The summed E-state index contributed by atoms with van der Waals surface area (Å²) >= 11 is 0. The lowest BCUT2D eigenvalue weighted by Crippen LogP contribution is -2.13. The number of carbonyl (C=O) groups excluding carboxylic acids is 1. The zero-order valence-electron chi connectivity index (χ0n) is 9.60. The Hall–Kier alpha value is -2.10. The highest BCUT2D eigenvalue weighted by Crippen LogP contribution is 2.11. The number of rotatable bonds is 4. The van der Waals surface area contributed by atoms with Crippen LogP contribution >= 0.6 is 0 Å². The number of Topliss-reactive ketones (excluding diaryl/α,β-unsaturated/α-hetero) is 1. The number of halogens is 1. The summed E-state index contributed by atoms with van der Waals surface area (Å²) in [5.41, 5.74) is 0.616. The molecule has 0 amide bonds. The molecule has 0 saturated carbocycles. The van der Waals surface area contributed by atoms with Crippen LogP contribution < -0.4 is 10.2 Å². The molecule has 0 aromatic heterocycles. The van der Waals surface area contributed by atoms with Gasteiger partial charge in [-0.3, -0.25) is 4.79 Å². The van der Waals surface area contributed by atoms with E-state index < -0.39 is 5.82 Å². The average molecular weight is 240 g/mol. The van der Waals surface area contributed by atoms with Gasteiger partial charge in [0.25, 0.3) is 0 Å².